The minimum Gasteiger partial charge on any atom is -0.406 e. The van der Waals surface area contributed by atoms with Crippen molar-refractivity contribution in [1.82, 2.24) is 19.9 Å². The molecule has 25 heavy (non-hydrogen) atoms. The molecule has 3 rings (SSSR count). The average molecular weight is 353 g/mol. The summed E-state index contributed by atoms with van der Waals surface area (Å²) in [5.74, 6) is 0.0145. The number of anilines is 1. The molecular formula is C15H14F3N5O2. The standard InChI is InChI=1S/C15H14F3N5O2/c16-15(17,18)25-10-4-2-9(3-5-10)11-12-13(21-8-20-12)23-14(22-11)19-6-1-7-24/h2-5,8,24H,1,6-7H2,(H2,19,20,21,22,23). The van der Waals surface area contributed by atoms with Gasteiger partial charge in [-0.25, -0.2) is 9.97 Å². The van der Waals surface area contributed by atoms with Crippen molar-refractivity contribution in [2.75, 3.05) is 18.5 Å². The van der Waals surface area contributed by atoms with Crippen LogP contribution in [0.1, 0.15) is 6.42 Å². The first kappa shape index (κ1) is 17.0. The molecule has 0 saturated carbocycles. The Bertz CT molecular complexity index is 848. The van der Waals surface area contributed by atoms with Crippen LogP contribution in [0.5, 0.6) is 5.75 Å². The van der Waals surface area contributed by atoms with Crippen LogP contribution in [0.15, 0.2) is 30.6 Å². The summed E-state index contributed by atoms with van der Waals surface area (Å²) in [4.78, 5) is 15.7. The number of aliphatic hydroxyl groups is 1. The molecule has 7 nitrogen and oxygen atoms in total. The fourth-order valence-corrected chi connectivity index (χ4v) is 2.21. The van der Waals surface area contributed by atoms with Crippen molar-refractivity contribution in [1.29, 1.82) is 0 Å². The summed E-state index contributed by atoms with van der Waals surface area (Å²) in [6, 6.07) is 5.36. The second kappa shape index (κ2) is 6.93. The van der Waals surface area contributed by atoms with E-state index in [4.69, 9.17) is 5.11 Å². The lowest BCUT2D eigenvalue weighted by atomic mass is 10.1. The van der Waals surface area contributed by atoms with Gasteiger partial charge in [0.15, 0.2) is 5.65 Å². The highest BCUT2D eigenvalue weighted by Gasteiger charge is 2.31. The number of alkyl halides is 3. The van der Waals surface area contributed by atoms with Crippen molar-refractivity contribution in [2.45, 2.75) is 12.8 Å². The minimum atomic E-state index is -4.74. The maximum Gasteiger partial charge on any atom is 0.573 e. The Morgan fingerprint density at radius 1 is 1.16 bits per heavy atom. The van der Waals surface area contributed by atoms with E-state index < -0.39 is 6.36 Å². The molecule has 0 aliphatic heterocycles. The number of ether oxygens (including phenoxy) is 1. The highest BCUT2D eigenvalue weighted by Crippen LogP contribution is 2.29. The van der Waals surface area contributed by atoms with Crippen molar-refractivity contribution >= 4 is 17.1 Å². The van der Waals surface area contributed by atoms with Gasteiger partial charge in [-0.1, -0.05) is 0 Å². The van der Waals surface area contributed by atoms with Crippen LogP contribution in [0.4, 0.5) is 19.1 Å². The van der Waals surface area contributed by atoms with Gasteiger partial charge in [0, 0.05) is 18.7 Å². The normalized spacial score (nSPS) is 11.7. The van der Waals surface area contributed by atoms with Gasteiger partial charge < -0.3 is 20.1 Å². The van der Waals surface area contributed by atoms with E-state index in [9.17, 15) is 13.2 Å². The molecule has 2 aromatic heterocycles. The van der Waals surface area contributed by atoms with Gasteiger partial charge in [0.25, 0.3) is 0 Å². The molecule has 132 valence electrons. The first-order valence-electron chi connectivity index (χ1n) is 7.38. The SMILES string of the molecule is OCCCNc1nc(-c2ccc(OC(F)(F)F)cc2)c2nc[nH]c2n1. The van der Waals surface area contributed by atoms with Crippen molar-refractivity contribution in [3.63, 3.8) is 0 Å². The molecule has 0 atom stereocenters. The zero-order chi connectivity index (χ0) is 17.9. The summed E-state index contributed by atoms with van der Waals surface area (Å²) in [6.45, 7) is 0.515. The Hall–Kier alpha value is -2.88. The van der Waals surface area contributed by atoms with Gasteiger partial charge >= 0.3 is 6.36 Å². The first-order chi connectivity index (χ1) is 12.0. The van der Waals surface area contributed by atoms with Crippen LogP contribution in [0.25, 0.3) is 22.4 Å². The van der Waals surface area contributed by atoms with E-state index in [0.29, 0.717) is 41.3 Å². The number of nitrogens with one attached hydrogen (secondary N) is 2. The Balaban J connectivity index is 1.92. The largest absolute Gasteiger partial charge is 0.573 e. The number of hydrogen-bond acceptors (Lipinski definition) is 6. The molecule has 1 aromatic carbocycles. The molecular weight excluding hydrogens is 339 g/mol. The number of aliphatic hydroxyl groups excluding tert-OH is 1. The van der Waals surface area contributed by atoms with E-state index in [0.717, 1.165) is 0 Å². The molecule has 0 aliphatic carbocycles. The summed E-state index contributed by atoms with van der Waals surface area (Å²) in [7, 11) is 0. The van der Waals surface area contributed by atoms with Gasteiger partial charge in [0.05, 0.1) is 6.33 Å². The topological polar surface area (TPSA) is 96.0 Å². The van der Waals surface area contributed by atoms with Gasteiger partial charge in [-0.05, 0) is 30.7 Å². The number of rotatable bonds is 6. The zero-order valence-corrected chi connectivity index (χ0v) is 12.8. The Morgan fingerprint density at radius 3 is 2.60 bits per heavy atom. The average Bonchev–Trinajstić information content (AvgIpc) is 3.02. The van der Waals surface area contributed by atoms with Gasteiger partial charge in [0.1, 0.15) is 17.0 Å². The molecule has 0 unspecified atom stereocenters. The number of imidazole rings is 1. The minimum absolute atomic E-state index is 0.0346. The molecule has 0 amide bonds. The highest BCUT2D eigenvalue weighted by atomic mass is 19.4. The summed E-state index contributed by atoms with van der Waals surface area (Å²) in [5.41, 5.74) is 2.03. The fraction of sp³-hybridized carbons (Fsp3) is 0.267. The van der Waals surface area contributed by atoms with Crippen molar-refractivity contribution in [3.8, 4) is 17.0 Å². The van der Waals surface area contributed by atoms with Crippen LogP contribution in [0, 0.1) is 0 Å². The van der Waals surface area contributed by atoms with E-state index in [2.05, 4.69) is 30.0 Å². The first-order valence-corrected chi connectivity index (χ1v) is 7.38. The monoisotopic (exact) mass is 353 g/mol. The van der Waals surface area contributed by atoms with E-state index in [-0.39, 0.29) is 12.4 Å². The summed E-state index contributed by atoms with van der Waals surface area (Å²) >= 11 is 0. The summed E-state index contributed by atoms with van der Waals surface area (Å²) < 4.78 is 40.6. The Labute approximate surface area is 139 Å². The van der Waals surface area contributed by atoms with E-state index in [1.54, 1.807) is 0 Å². The molecule has 10 heteroatoms. The predicted molar refractivity (Wildman–Crippen MR) is 84.0 cm³/mol. The smallest absolute Gasteiger partial charge is 0.406 e. The van der Waals surface area contributed by atoms with E-state index in [1.165, 1.54) is 30.6 Å². The number of nitrogens with zero attached hydrogens (tertiary/aromatic N) is 3. The molecule has 0 spiro atoms. The van der Waals surface area contributed by atoms with E-state index >= 15 is 0 Å². The van der Waals surface area contributed by atoms with Gasteiger partial charge in [-0.2, -0.15) is 4.98 Å². The number of halogens is 3. The fourth-order valence-electron chi connectivity index (χ4n) is 2.21. The molecule has 2 heterocycles. The lowest BCUT2D eigenvalue weighted by molar-refractivity contribution is -0.274. The molecule has 3 N–H and O–H groups in total. The van der Waals surface area contributed by atoms with Crippen molar-refractivity contribution in [2.24, 2.45) is 0 Å². The van der Waals surface area contributed by atoms with Crippen LogP contribution >= 0.6 is 0 Å². The zero-order valence-electron chi connectivity index (χ0n) is 12.8. The third-order valence-corrected chi connectivity index (χ3v) is 3.26. The van der Waals surface area contributed by atoms with Crippen LogP contribution in [-0.2, 0) is 0 Å². The third-order valence-electron chi connectivity index (χ3n) is 3.26. The second-order valence-corrected chi connectivity index (χ2v) is 5.07. The highest BCUT2D eigenvalue weighted by molar-refractivity contribution is 5.88. The number of benzene rings is 1. The second-order valence-electron chi connectivity index (χ2n) is 5.07. The Morgan fingerprint density at radius 2 is 1.92 bits per heavy atom. The molecule has 0 bridgehead atoms. The number of fused-ring (bicyclic) bond motifs is 1. The van der Waals surface area contributed by atoms with Crippen molar-refractivity contribution < 1.29 is 23.0 Å². The molecule has 0 saturated heterocycles. The maximum atomic E-state index is 12.2. The molecule has 0 radical (unpaired) electrons. The lowest BCUT2D eigenvalue weighted by Crippen LogP contribution is -2.16. The summed E-state index contributed by atoms with van der Waals surface area (Å²) in [6.07, 6.45) is -2.75. The quantitative estimate of drug-likeness (QED) is 0.590. The summed E-state index contributed by atoms with van der Waals surface area (Å²) in [5, 5.41) is 11.8. The van der Waals surface area contributed by atoms with Crippen LogP contribution < -0.4 is 10.1 Å². The van der Waals surface area contributed by atoms with Gasteiger partial charge in [0.2, 0.25) is 5.95 Å². The third kappa shape index (κ3) is 4.15. The van der Waals surface area contributed by atoms with E-state index in [1.807, 2.05) is 0 Å². The van der Waals surface area contributed by atoms with Crippen molar-refractivity contribution in [3.05, 3.63) is 30.6 Å². The van der Waals surface area contributed by atoms with Crippen LogP contribution in [0.2, 0.25) is 0 Å². The molecule has 0 fully saturated rings. The number of H-pyrrole nitrogens is 1. The van der Waals surface area contributed by atoms with Gasteiger partial charge in [-0.3, -0.25) is 0 Å². The number of aromatic nitrogens is 4. The maximum absolute atomic E-state index is 12.2. The number of hydrogen-bond donors (Lipinski definition) is 3. The van der Waals surface area contributed by atoms with Crippen LogP contribution in [-0.4, -0.2) is 44.6 Å². The molecule has 3 aromatic rings. The van der Waals surface area contributed by atoms with Gasteiger partial charge in [-0.15, -0.1) is 13.2 Å². The molecule has 0 aliphatic rings. The Kier molecular flexibility index (Phi) is 4.70. The lowest BCUT2D eigenvalue weighted by Gasteiger charge is -2.10. The number of aromatic amines is 1. The van der Waals surface area contributed by atoms with Crippen LogP contribution in [0.3, 0.4) is 0 Å². The predicted octanol–water partition coefficient (Wildman–Crippen LogP) is 2.71.